The van der Waals surface area contributed by atoms with Crippen LogP contribution in [0.4, 0.5) is 0 Å². The average Bonchev–Trinajstić information content (AvgIpc) is 2.86. The number of ether oxygens (including phenoxy) is 1. The summed E-state index contributed by atoms with van der Waals surface area (Å²) in [4.78, 5) is 51.1. The molecule has 0 spiro atoms. The summed E-state index contributed by atoms with van der Waals surface area (Å²) in [6.45, 7) is -0.688. The average molecular weight is 484 g/mol. The Kier molecular flexibility index (Phi) is 7.39. The zero-order chi connectivity index (χ0) is 22.0. The summed E-state index contributed by atoms with van der Waals surface area (Å²) in [6.07, 6.45) is -4.02. The highest BCUT2D eigenvalue weighted by molar-refractivity contribution is 7.66. The SMILES string of the molecule is O=c1ccn(OP(=O)(OC2C[C@H](O)[C@@H](CO)O2)OP(=O)(O)OP(=O)(O)O)c(=O)[nH]1. The van der Waals surface area contributed by atoms with Crippen LogP contribution in [0.25, 0.3) is 0 Å². The topological polar surface area (TPSA) is 253 Å². The van der Waals surface area contributed by atoms with Gasteiger partial charge in [-0.1, -0.05) is 0 Å². The second kappa shape index (κ2) is 8.89. The zero-order valence-electron chi connectivity index (χ0n) is 13.9. The highest BCUT2D eigenvalue weighted by Crippen LogP contribution is 2.67. The Labute approximate surface area is 159 Å². The lowest BCUT2D eigenvalue weighted by Gasteiger charge is -2.22. The Balaban J connectivity index is 2.32. The molecule has 2 rings (SSSR count). The number of rotatable bonds is 9. The van der Waals surface area contributed by atoms with Crippen LogP contribution >= 0.6 is 23.5 Å². The number of aliphatic hydroxyl groups is 2. The van der Waals surface area contributed by atoms with Crippen molar-refractivity contribution in [3.8, 4) is 0 Å². The van der Waals surface area contributed by atoms with Crippen molar-refractivity contribution in [2.45, 2.75) is 24.9 Å². The van der Waals surface area contributed by atoms with Crippen LogP contribution in [-0.4, -0.2) is 59.7 Å². The van der Waals surface area contributed by atoms with Crippen LogP contribution < -0.4 is 15.9 Å². The second-order valence-corrected chi connectivity index (χ2v) is 9.78. The van der Waals surface area contributed by atoms with Gasteiger partial charge in [-0.3, -0.25) is 9.78 Å². The van der Waals surface area contributed by atoms with Gasteiger partial charge in [0.2, 0.25) is 0 Å². The zero-order valence-corrected chi connectivity index (χ0v) is 16.6. The van der Waals surface area contributed by atoms with Gasteiger partial charge >= 0.3 is 29.2 Å². The molecule has 0 aliphatic carbocycles. The number of nitrogens with zero attached hydrogens (tertiary/aromatic N) is 1. The third kappa shape index (κ3) is 7.22. The fraction of sp³-hybridized carbons (Fsp3) is 0.556. The molecule has 1 fully saturated rings. The normalized spacial score (nSPS) is 26.6. The molecule has 6 N–H and O–H groups in total. The molecule has 166 valence electrons. The van der Waals surface area contributed by atoms with E-state index in [1.54, 1.807) is 4.98 Å². The Bertz CT molecular complexity index is 982. The van der Waals surface area contributed by atoms with E-state index in [0.29, 0.717) is 12.3 Å². The van der Waals surface area contributed by atoms with Crippen molar-refractivity contribution in [1.29, 1.82) is 0 Å². The van der Waals surface area contributed by atoms with Gasteiger partial charge in [0.1, 0.15) is 6.10 Å². The van der Waals surface area contributed by atoms with E-state index in [4.69, 9.17) is 24.2 Å². The molecule has 2 heterocycles. The molecule has 20 heteroatoms. The van der Waals surface area contributed by atoms with Crippen molar-refractivity contribution in [2.75, 3.05) is 6.61 Å². The van der Waals surface area contributed by atoms with Crippen LogP contribution in [0.5, 0.6) is 0 Å². The molecule has 5 atom stereocenters. The molecule has 29 heavy (non-hydrogen) atoms. The van der Waals surface area contributed by atoms with Gasteiger partial charge < -0.3 is 34.3 Å². The van der Waals surface area contributed by atoms with Gasteiger partial charge in [-0.2, -0.15) is 8.62 Å². The summed E-state index contributed by atoms with van der Waals surface area (Å²) in [6, 6.07) is 0.716. The van der Waals surface area contributed by atoms with Crippen LogP contribution in [0, 0.1) is 0 Å². The number of aromatic amines is 1. The minimum atomic E-state index is -5.82. The third-order valence-corrected chi connectivity index (χ3v) is 7.18. The maximum absolute atomic E-state index is 12.8. The van der Waals surface area contributed by atoms with Gasteiger partial charge in [-0.05, 0) is 0 Å². The van der Waals surface area contributed by atoms with Gasteiger partial charge in [-0.25, -0.2) is 23.0 Å². The van der Waals surface area contributed by atoms with E-state index in [-0.39, 0.29) is 4.73 Å². The summed E-state index contributed by atoms with van der Waals surface area (Å²) in [5, 5.41) is 18.7. The summed E-state index contributed by atoms with van der Waals surface area (Å²) < 4.78 is 57.2. The van der Waals surface area contributed by atoms with Crippen LogP contribution in [0.3, 0.4) is 0 Å². The van der Waals surface area contributed by atoms with Crippen molar-refractivity contribution in [3.05, 3.63) is 33.1 Å². The number of H-pyrrole nitrogens is 1. The summed E-state index contributed by atoms with van der Waals surface area (Å²) in [5.74, 6) is 0. The van der Waals surface area contributed by atoms with Crippen molar-refractivity contribution >= 4 is 23.5 Å². The predicted octanol–water partition coefficient (Wildman–Crippen LogP) is -2.22. The summed E-state index contributed by atoms with van der Waals surface area (Å²) in [5.41, 5.74) is -2.23. The van der Waals surface area contributed by atoms with E-state index in [9.17, 15) is 33.3 Å². The number of hydrogen-bond donors (Lipinski definition) is 6. The molecule has 1 aromatic heterocycles. The quantitative estimate of drug-likeness (QED) is 0.203. The molecule has 3 unspecified atom stereocenters. The molecule has 1 aliphatic rings. The molecule has 0 amide bonds. The molecule has 0 aromatic carbocycles. The highest BCUT2D eigenvalue weighted by atomic mass is 31.3. The Morgan fingerprint density at radius 3 is 2.38 bits per heavy atom. The van der Waals surface area contributed by atoms with E-state index in [1.165, 1.54) is 0 Å². The van der Waals surface area contributed by atoms with Crippen LogP contribution in [0.2, 0.25) is 0 Å². The number of nitrogens with one attached hydrogen (secondary N) is 1. The molecule has 0 radical (unpaired) electrons. The minimum Gasteiger partial charge on any atom is -0.394 e. The number of aromatic nitrogens is 2. The largest absolute Gasteiger partial charge is 0.560 e. The van der Waals surface area contributed by atoms with Crippen LogP contribution in [0.1, 0.15) is 6.42 Å². The maximum atomic E-state index is 12.8. The van der Waals surface area contributed by atoms with Crippen LogP contribution in [-0.2, 0) is 31.6 Å². The number of aliphatic hydroxyl groups excluding tert-OH is 2. The van der Waals surface area contributed by atoms with E-state index < -0.39 is 66.2 Å². The first-order chi connectivity index (χ1) is 13.2. The predicted molar refractivity (Wildman–Crippen MR) is 87.0 cm³/mol. The Morgan fingerprint density at radius 2 is 1.86 bits per heavy atom. The van der Waals surface area contributed by atoms with Crippen molar-refractivity contribution < 1.29 is 61.1 Å². The Morgan fingerprint density at radius 1 is 1.21 bits per heavy atom. The molecule has 0 bridgehead atoms. The smallest absolute Gasteiger partial charge is 0.394 e. The molecule has 1 saturated heterocycles. The van der Waals surface area contributed by atoms with E-state index in [1.807, 2.05) is 0 Å². The standard InChI is InChI=1S/C9H15N2O15P3/c12-4-6-5(13)3-8(22-6)23-29(21,26-28(19,20)25-27(16,17)18)24-11-2-1-7(14)10-9(11)15/h1-2,5-6,8,12-13H,3-4H2,(H,19,20)(H,10,14,15)(H2,16,17,18)/t5-,6+,8?,29?/m0/s1. The molecule has 0 saturated carbocycles. The van der Waals surface area contributed by atoms with Crippen LogP contribution in [0.15, 0.2) is 21.9 Å². The lowest BCUT2D eigenvalue weighted by atomic mass is 10.2. The van der Waals surface area contributed by atoms with Gasteiger partial charge in [0.25, 0.3) is 5.56 Å². The fourth-order valence-corrected chi connectivity index (χ4v) is 5.53. The van der Waals surface area contributed by atoms with E-state index >= 15 is 0 Å². The monoisotopic (exact) mass is 484 g/mol. The first-order valence-electron chi connectivity index (χ1n) is 7.28. The van der Waals surface area contributed by atoms with E-state index in [0.717, 1.165) is 0 Å². The minimum absolute atomic E-state index is 0.0502. The molecule has 1 aromatic rings. The Hall–Kier alpha value is -1.19. The van der Waals surface area contributed by atoms with Gasteiger partial charge in [0.05, 0.1) is 18.9 Å². The molecule has 1 aliphatic heterocycles. The molecule has 17 nitrogen and oxygen atoms in total. The van der Waals surface area contributed by atoms with Gasteiger partial charge in [0.15, 0.2) is 6.29 Å². The van der Waals surface area contributed by atoms with Gasteiger partial charge in [-0.15, -0.1) is 4.73 Å². The first kappa shape index (κ1) is 24.1. The summed E-state index contributed by atoms with van der Waals surface area (Å²) in [7, 11) is -16.9. The lowest BCUT2D eigenvalue weighted by molar-refractivity contribution is -0.104. The summed E-state index contributed by atoms with van der Waals surface area (Å²) >= 11 is 0. The first-order valence-corrected chi connectivity index (χ1v) is 11.8. The van der Waals surface area contributed by atoms with Crippen molar-refractivity contribution in [2.24, 2.45) is 0 Å². The molecular formula is C9H15N2O15P3. The van der Waals surface area contributed by atoms with Crippen molar-refractivity contribution in [1.82, 2.24) is 9.71 Å². The number of phosphoric acid groups is 3. The highest BCUT2D eigenvalue weighted by Gasteiger charge is 2.48. The van der Waals surface area contributed by atoms with Crippen molar-refractivity contribution in [3.63, 3.8) is 0 Å². The second-order valence-electron chi connectivity index (χ2n) is 5.28. The third-order valence-electron chi connectivity index (χ3n) is 3.01. The fourth-order valence-electron chi connectivity index (χ4n) is 1.97. The molecular weight excluding hydrogens is 469 g/mol. The number of hydrogen-bond acceptors (Lipinski definition) is 12. The maximum Gasteiger partial charge on any atom is 0.560 e. The lowest BCUT2D eigenvalue weighted by Crippen LogP contribution is -2.33. The van der Waals surface area contributed by atoms with E-state index in [2.05, 4.69) is 13.2 Å². The van der Waals surface area contributed by atoms with Gasteiger partial charge in [0, 0.05) is 12.5 Å².